The van der Waals surface area contributed by atoms with Gasteiger partial charge in [0.15, 0.2) is 5.65 Å². The van der Waals surface area contributed by atoms with E-state index in [4.69, 9.17) is 4.98 Å². The zero-order valence-corrected chi connectivity index (χ0v) is 27.3. The van der Waals surface area contributed by atoms with Gasteiger partial charge in [-0.2, -0.15) is 5.10 Å². The molecule has 5 aromatic rings. The number of hydrogen-bond acceptors (Lipinski definition) is 7. The van der Waals surface area contributed by atoms with Gasteiger partial charge in [0.1, 0.15) is 17.1 Å². The molecule has 1 saturated heterocycles. The van der Waals surface area contributed by atoms with Gasteiger partial charge in [-0.1, -0.05) is 26.5 Å². The maximum absolute atomic E-state index is 16.6. The zero-order chi connectivity index (χ0) is 33.7. The molecule has 1 fully saturated rings. The van der Waals surface area contributed by atoms with Crippen LogP contribution < -0.4 is 15.8 Å². The summed E-state index contributed by atoms with van der Waals surface area (Å²) < 4.78 is 18.1. The fourth-order valence-electron chi connectivity index (χ4n) is 6.62. The average Bonchev–Trinajstić information content (AvgIpc) is 3.53. The van der Waals surface area contributed by atoms with Crippen molar-refractivity contribution in [3.8, 4) is 16.9 Å². The highest BCUT2D eigenvalue weighted by atomic mass is 19.1. The standard InChI is InChI=1S/C35H37FN8O3/c1-8-26(45)42-13-14-43(21(6)17-42)32-22-15-24(36)30(27-19(4)9-10-25-23(27)16-39-41-25)40-33(22)44(35(47)28(32)34(46)37-7)31-20(5)11-12-38-29(31)18(2)3/h8-12,15-16,18,21H,1,13-14,17H2,2-7H3,(H,37,46)(H,39,41)/t21-/m0/s1. The number of piperazine rings is 1. The van der Waals surface area contributed by atoms with Crippen molar-refractivity contribution < 1.29 is 14.0 Å². The van der Waals surface area contributed by atoms with Crippen LogP contribution >= 0.6 is 0 Å². The van der Waals surface area contributed by atoms with Gasteiger partial charge in [-0.3, -0.25) is 29.0 Å². The monoisotopic (exact) mass is 636 g/mol. The third-order valence-electron chi connectivity index (χ3n) is 8.93. The van der Waals surface area contributed by atoms with Crippen LogP contribution in [0.1, 0.15) is 53.9 Å². The number of rotatable bonds is 6. The number of anilines is 1. The third kappa shape index (κ3) is 5.13. The van der Waals surface area contributed by atoms with Crippen LogP contribution in [0.4, 0.5) is 10.1 Å². The molecule has 242 valence electrons. The van der Waals surface area contributed by atoms with Gasteiger partial charge in [-0.25, -0.2) is 9.37 Å². The van der Waals surface area contributed by atoms with E-state index < -0.39 is 17.3 Å². The summed E-state index contributed by atoms with van der Waals surface area (Å²) >= 11 is 0. The minimum absolute atomic E-state index is 0.0517. The van der Waals surface area contributed by atoms with Crippen LogP contribution in [0.2, 0.25) is 0 Å². The van der Waals surface area contributed by atoms with Crippen molar-refractivity contribution in [2.75, 3.05) is 31.6 Å². The van der Waals surface area contributed by atoms with Crippen molar-refractivity contribution in [2.24, 2.45) is 0 Å². The number of nitrogens with one attached hydrogen (secondary N) is 2. The first-order valence-corrected chi connectivity index (χ1v) is 15.6. The van der Waals surface area contributed by atoms with Gasteiger partial charge in [0, 0.05) is 55.3 Å². The van der Waals surface area contributed by atoms with E-state index in [1.54, 1.807) is 23.4 Å². The van der Waals surface area contributed by atoms with Crippen LogP contribution in [0.3, 0.4) is 0 Å². The highest BCUT2D eigenvalue weighted by molar-refractivity contribution is 6.08. The predicted molar refractivity (Wildman–Crippen MR) is 181 cm³/mol. The number of hydrogen-bond donors (Lipinski definition) is 2. The summed E-state index contributed by atoms with van der Waals surface area (Å²) in [4.78, 5) is 54.2. The van der Waals surface area contributed by atoms with E-state index in [0.717, 1.165) is 11.1 Å². The highest BCUT2D eigenvalue weighted by Gasteiger charge is 2.34. The van der Waals surface area contributed by atoms with Crippen molar-refractivity contribution in [1.29, 1.82) is 0 Å². The number of aromatic amines is 1. The minimum atomic E-state index is -0.622. The first-order valence-electron chi connectivity index (χ1n) is 15.6. The molecular formula is C35H37FN8O3. The first kappa shape index (κ1) is 31.6. The smallest absolute Gasteiger partial charge is 0.271 e. The summed E-state index contributed by atoms with van der Waals surface area (Å²) in [5, 5.41) is 10.7. The molecule has 0 spiro atoms. The van der Waals surface area contributed by atoms with Crippen molar-refractivity contribution in [2.45, 2.75) is 46.6 Å². The summed E-state index contributed by atoms with van der Waals surface area (Å²) in [5.41, 5.74) is 3.66. The molecule has 6 rings (SSSR count). The summed E-state index contributed by atoms with van der Waals surface area (Å²) in [6.07, 6.45) is 4.58. The topological polar surface area (TPSA) is 129 Å². The molecular weight excluding hydrogens is 599 g/mol. The van der Waals surface area contributed by atoms with Crippen LogP contribution in [0.15, 0.2) is 54.1 Å². The van der Waals surface area contributed by atoms with Crippen molar-refractivity contribution in [1.82, 2.24) is 34.9 Å². The molecule has 47 heavy (non-hydrogen) atoms. The number of amides is 2. The van der Waals surface area contributed by atoms with Crippen LogP contribution in [0, 0.1) is 19.7 Å². The number of nitrogens with zero attached hydrogens (tertiary/aromatic N) is 6. The van der Waals surface area contributed by atoms with Crippen LogP contribution in [-0.2, 0) is 4.79 Å². The predicted octanol–water partition coefficient (Wildman–Crippen LogP) is 4.79. The Morgan fingerprint density at radius 1 is 1.13 bits per heavy atom. The Hall–Kier alpha value is -5.39. The largest absolute Gasteiger partial charge is 0.364 e. The molecule has 0 unspecified atom stereocenters. The van der Waals surface area contributed by atoms with E-state index in [9.17, 15) is 14.4 Å². The van der Waals surface area contributed by atoms with Gasteiger partial charge >= 0.3 is 0 Å². The number of carbonyl (C=O) groups excluding carboxylic acids is 2. The average molecular weight is 637 g/mol. The number of aryl methyl sites for hydroxylation is 2. The van der Waals surface area contributed by atoms with Crippen LogP contribution in [0.25, 0.3) is 38.9 Å². The molecule has 0 bridgehead atoms. The van der Waals surface area contributed by atoms with E-state index >= 15 is 4.39 Å². The molecule has 0 radical (unpaired) electrons. The van der Waals surface area contributed by atoms with Gasteiger partial charge in [0.25, 0.3) is 11.5 Å². The Morgan fingerprint density at radius 2 is 1.89 bits per heavy atom. The molecule has 11 nitrogen and oxygen atoms in total. The maximum atomic E-state index is 16.6. The van der Waals surface area contributed by atoms with E-state index in [1.807, 2.05) is 51.7 Å². The molecule has 1 atom stereocenters. The molecule has 1 aliphatic heterocycles. The lowest BCUT2D eigenvalue weighted by atomic mass is 9.98. The summed E-state index contributed by atoms with van der Waals surface area (Å²) in [6, 6.07) is 6.57. The Morgan fingerprint density at radius 3 is 2.57 bits per heavy atom. The number of H-pyrrole nitrogens is 1. The fourth-order valence-corrected chi connectivity index (χ4v) is 6.62. The molecule has 0 saturated carbocycles. The molecule has 5 heterocycles. The second-order valence-corrected chi connectivity index (χ2v) is 12.3. The first-order chi connectivity index (χ1) is 22.5. The number of fused-ring (bicyclic) bond motifs is 2. The molecule has 1 aliphatic rings. The number of aromatic nitrogens is 5. The van der Waals surface area contributed by atoms with Crippen molar-refractivity contribution >= 4 is 39.4 Å². The lowest BCUT2D eigenvalue weighted by Gasteiger charge is -2.42. The molecule has 2 N–H and O–H groups in total. The van der Waals surface area contributed by atoms with Crippen LogP contribution in [0.5, 0.6) is 0 Å². The van der Waals surface area contributed by atoms with E-state index in [0.29, 0.717) is 47.5 Å². The molecule has 1 aromatic carbocycles. The van der Waals surface area contributed by atoms with E-state index in [2.05, 4.69) is 27.1 Å². The van der Waals surface area contributed by atoms with Gasteiger partial charge in [0.05, 0.1) is 28.8 Å². The van der Waals surface area contributed by atoms with Gasteiger partial charge in [-0.15, -0.1) is 0 Å². The summed E-state index contributed by atoms with van der Waals surface area (Å²) in [5.74, 6) is -1.54. The maximum Gasteiger partial charge on any atom is 0.271 e. The Kier molecular flexibility index (Phi) is 8.12. The van der Waals surface area contributed by atoms with E-state index in [-0.39, 0.29) is 45.8 Å². The number of pyridine rings is 3. The molecule has 4 aromatic heterocycles. The van der Waals surface area contributed by atoms with Crippen molar-refractivity contribution in [3.05, 3.63) is 87.9 Å². The second-order valence-electron chi connectivity index (χ2n) is 12.3. The number of carbonyl (C=O) groups is 2. The number of benzene rings is 1. The summed E-state index contributed by atoms with van der Waals surface area (Å²) in [7, 11) is 1.45. The lowest BCUT2D eigenvalue weighted by Crippen LogP contribution is -2.54. The van der Waals surface area contributed by atoms with Gasteiger partial charge in [-0.05, 0) is 62.1 Å². The molecule has 0 aliphatic carbocycles. The van der Waals surface area contributed by atoms with Gasteiger partial charge in [0.2, 0.25) is 5.91 Å². The van der Waals surface area contributed by atoms with Crippen LogP contribution in [-0.4, -0.2) is 74.2 Å². The number of halogens is 1. The summed E-state index contributed by atoms with van der Waals surface area (Å²) in [6.45, 7) is 14.1. The van der Waals surface area contributed by atoms with Crippen molar-refractivity contribution in [3.63, 3.8) is 0 Å². The Bertz CT molecular complexity index is 2150. The fraction of sp³-hybridized carbons (Fsp3) is 0.314. The van der Waals surface area contributed by atoms with E-state index in [1.165, 1.54) is 23.8 Å². The minimum Gasteiger partial charge on any atom is -0.364 e. The normalized spacial score (nSPS) is 15.1. The Balaban J connectivity index is 1.77. The quantitative estimate of drug-likeness (QED) is 0.257. The molecule has 12 heteroatoms. The third-order valence-corrected chi connectivity index (χ3v) is 8.93. The second kappa shape index (κ2) is 12.1. The highest BCUT2D eigenvalue weighted by Crippen LogP contribution is 2.38. The Labute approximate surface area is 271 Å². The van der Waals surface area contributed by atoms with Gasteiger partial charge < -0.3 is 15.1 Å². The zero-order valence-electron chi connectivity index (χ0n) is 27.3. The SMILES string of the molecule is C=CC(=O)N1CCN(c2c(C(=O)NC)c(=O)n(-c3c(C)ccnc3C(C)C)c3nc(-c4c(C)ccc5[nH]ncc45)c(F)cc23)[C@@H](C)C1. The molecule has 2 amide bonds. The lowest BCUT2D eigenvalue weighted by molar-refractivity contribution is -0.126.